The molecule has 3 heteroatoms. The van der Waals surface area contributed by atoms with Crippen LogP contribution in [-0.4, -0.2) is 27.4 Å². The normalized spacial score (nSPS) is 12.7. The lowest BCUT2D eigenvalue weighted by Gasteiger charge is -2.27. The predicted octanol–water partition coefficient (Wildman–Crippen LogP) is 3.41. The molecule has 0 bridgehead atoms. The fraction of sp³-hybridized carbons (Fsp3) is 0.625. The number of ether oxygens (including phenoxy) is 2. The fourth-order valence-electron chi connectivity index (χ4n) is 2.51. The fourth-order valence-corrected chi connectivity index (χ4v) is 2.51. The van der Waals surface area contributed by atoms with E-state index in [4.69, 9.17) is 9.47 Å². The van der Waals surface area contributed by atoms with Crippen molar-refractivity contribution in [1.29, 1.82) is 0 Å². The average Bonchev–Trinajstić information content (AvgIpc) is 2.46. The number of para-hydroxylation sites is 1. The van der Waals surface area contributed by atoms with Gasteiger partial charge in [0.15, 0.2) is 0 Å². The Kier molecular flexibility index (Phi) is 7.53. The second-order valence-electron chi connectivity index (χ2n) is 4.72. The van der Waals surface area contributed by atoms with Crippen LogP contribution in [0.1, 0.15) is 38.3 Å². The van der Waals surface area contributed by atoms with E-state index in [0.29, 0.717) is 25.2 Å². The Hall–Kier alpha value is -1.06. The second kappa shape index (κ2) is 8.94. The molecule has 0 saturated heterocycles. The zero-order valence-corrected chi connectivity index (χ0v) is 12.6. The van der Waals surface area contributed by atoms with E-state index in [-0.39, 0.29) is 0 Å². The van der Waals surface area contributed by atoms with Crippen LogP contribution in [0.2, 0.25) is 0 Å². The lowest BCUT2D eigenvalue weighted by atomic mass is 9.88. The Morgan fingerprint density at radius 1 is 1.11 bits per heavy atom. The molecule has 19 heavy (non-hydrogen) atoms. The SMILES string of the molecule is CCC(CC)C(NC)c1ccccc1OCCOC. The van der Waals surface area contributed by atoms with Crippen molar-refractivity contribution >= 4 is 0 Å². The summed E-state index contributed by atoms with van der Waals surface area (Å²) in [6.45, 7) is 5.69. The van der Waals surface area contributed by atoms with Crippen molar-refractivity contribution in [3.05, 3.63) is 29.8 Å². The van der Waals surface area contributed by atoms with E-state index >= 15 is 0 Å². The monoisotopic (exact) mass is 265 g/mol. The summed E-state index contributed by atoms with van der Waals surface area (Å²) in [4.78, 5) is 0. The van der Waals surface area contributed by atoms with Crippen LogP contribution in [0.4, 0.5) is 0 Å². The summed E-state index contributed by atoms with van der Waals surface area (Å²) in [6.07, 6.45) is 2.32. The minimum atomic E-state index is 0.341. The third kappa shape index (κ3) is 4.51. The molecule has 0 aliphatic rings. The molecule has 1 N–H and O–H groups in total. The molecule has 0 aliphatic heterocycles. The molecule has 0 spiro atoms. The Morgan fingerprint density at radius 2 is 1.79 bits per heavy atom. The molecule has 0 saturated carbocycles. The van der Waals surface area contributed by atoms with Crippen LogP contribution in [0, 0.1) is 5.92 Å². The molecule has 0 aliphatic carbocycles. The zero-order chi connectivity index (χ0) is 14.1. The lowest BCUT2D eigenvalue weighted by Crippen LogP contribution is -2.25. The zero-order valence-electron chi connectivity index (χ0n) is 12.6. The molecule has 0 radical (unpaired) electrons. The predicted molar refractivity (Wildman–Crippen MR) is 79.7 cm³/mol. The molecule has 3 nitrogen and oxygen atoms in total. The van der Waals surface area contributed by atoms with Gasteiger partial charge in [0.2, 0.25) is 0 Å². The van der Waals surface area contributed by atoms with Crippen molar-refractivity contribution in [2.24, 2.45) is 5.92 Å². The number of nitrogens with one attached hydrogen (secondary N) is 1. The molecule has 0 heterocycles. The number of benzene rings is 1. The Bertz CT molecular complexity index is 350. The van der Waals surface area contributed by atoms with Crippen molar-refractivity contribution in [3.8, 4) is 5.75 Å². The first-order valence-corrected chi connectivity index (χ1v) is 7.16. The highest BCUT2D eigenvalue weighted by molar-refractivity contribution is 5.36. The van der Waals surface area contributed by atoms with Crippen molar-refractivity contribution in [2.75, 3.05) is 27.4 Å². The Morgan fingerprint density at radius 3 is 2.37 bits per heavy atom. The van der Waals surface area contributed by atoms with Gasteiger partial charge in [0, 0.05) is 18.7 Å². The molecular weight excluding hydrogens is 238 g/mol. The van der Waals surface area contributed by atoms with Gasteiger partial charge < -0.3 is 14.8 Å². The van der Waals surface area contributed by atoms with Crippen molar-refractivity contribution < 1.29 is 9.47 Å². The van der Waals surface area contributed by atoms with E-state index in [1.165, 1.54) is 5.56 Å². The molecule has 1 atom stereocenters. The van der Waals surface area contributed by atoms with Crippen LogP contribution >= 0.6 is 0 Å². The molecule has 1 rings (SSSR count). The van der Waals surface area contributed by atoms with Gasteiger partial charge in [-0.2, -0.15) is 0 Å². The second-order valence-corrected chi connectivity index (χ2v) is 4.72. The van der Waals surface area contributed by atoms with Crippen LogP contribution in [-0.2, 0) is 4.74 Å². The highest BCUT2D eigenvalue weighted by atomic mass is 16.5. The van der Waals surface area contributed by atoms with E-state index in [1.54, 1.807) is 7.11 Å². The van der Waals surface area contributed by atoms with Gasteiger partial charge >= 0.3 is 0 Å². The molecule has 1 aromatic rings. The van der Waals surface area contributed by atoms with Crippen molar-refractivity contribution in [2.45, 2.75) is 32.7 Å². The number of hydrogen-bond acceptors (Lipinski definition) is 3. The number of hydrogen-bond donors (Lipinski definition) is 1. The standard InChI is InChI=1S/C16H27NO2/c1-5-13(6-2)16(17-3)14-9-7-8-10-15(14)19-12-11-18-4/h7-10,13,16-17H,5-6,11-12H2,1-4H3. The summed E-state index contributed by atoms with van der Waals surface area (Å²) in [5, 5.41) is 3.44. The quantitative estimate of drug-likeness (QED) is 0.694. The molecular formula is C16H27NO2. The topological polar surface area (TPSA) is 30.5 Å². The minimum absolute atomic E-state index is 0.341. The number of rotatable bonds is 9. The van der Waals surface area contributed by atoms with Crippen LogP contribution in [0.3, 0.4) is 0 Å². The molecule has 108 valence electrons. The Balaban J connectivity index is 2.89. The summed E-state index contributed by atoms with van der Waals surface area (Å²) >= 11 is 0. The first-order valence-electron chi connectivity index (χ1n) is 7.16. The van der Waals surface area contributed by atoms with Gasteiger partial charge in [-0.25, -0.2) is 0 Å². The lowest BCUT2D eigenvalue weighted by molar-refractivity contribution is 0.145. The van der Waals surface area contributed by atoms with E-state index in [1.807, 2.05) is 19.2 Å². The van der Waals surface area contributed by atoms with Crippen LogP contribution in [0.5, 0.6) is 5.75 Å². The molecule has 0 fully saturated rings. The smallest absolute Gasteiger partial charge is 0.124 e. The molecule has 1 aromatic carbocycles. The van der Waals surface area contributed by atoms with E-state index in [2.05, 4.69) is 31.3 Å². The molecule has 0 amide bonds. The average molecular weight is 265 g/mol. The van der Waals surface area contributed by atoms with Gasteiger partial charge in [-0.05, 0) is 19.0 Å². The first kappa shape index (κ1) is 16.0. The van der Waals surface area contributed by atoms with Crippen molar-refractivity contribution in [3.63, 3.8) is 0 Å². The summed E-state index contributed by atoms with van der Waals surface area (Å²) in [7, 11) is 3.71. The van der Waals surface area contributed by atoms with Crippen LogP contribution in [0.25, 0.3) is 0 Å². The van der Waals surface area contributed by atoms with Gasteiger partial charge in [0.05, 0.1) is 6.61 Å². The van der Waals surface area contributed by atoms with Crippen LogP contribution in [0.15, 0.2) is 24.3 Å². The van der Waals surface area contributed by atoms with Gasteiger partial charge in [-0.15, -0.1) is 0 Å². The van der Waals surface area contributed by atoms with Gasteiger partial charge in [-0.3, -0.25) is 0 Å². The maximum Gasteiger partial charge on any atom is 0.124 e. The van der Waals surface area contributed by atoms with E-state index < -0.39 is 0 Å². The Labute approximate surface area is 117 Å². The minimum Gasteiger partial charge on any atom is -0.491 e. The first-order chi connectivity index (χ1) is 9.28. The highest BCUT2D eigenvalue weighted by Crippen LogP contribution is 2.33. The number of methoxy groups -OCH3 is 1. The van der Waals surface area contributed by atoms with E-state index in [9.17, 15) is 0 Å². The summed E-state index contributed by atoms with van der Waals surface area (Å²) in [5.41, 5.74) is 1.25. The van der Waals surface area contributed by atoms with Crippen molar-refractivity contribution in [1.82, 2.24) is 5.32 Å². The molecule has 1 unspecified atom stereocenters. The molecule has 0 aromatic heterocycles. The van der Waals surface area contributed by atoms with Gasteiger partial charge in [-0.1, -0.05) is 44.9 Å². The third-order valence-electron chi connectivity index (χ3n) is 3.63. The van der Waals surface area contributed by atoms with Gasteiger partial charge in [0.25, 0.3) is 0 Å². The largest absolute Gasteiger partial charge is 0.491 e. The van der Waals surface area contributed by atoms with E-state index in [0.717, 1.165) is 18.6 Å². The summed E-state index contributed by atoms with van der Waals surface area (Å²) < 4.78 is 10.9. The summed E-state index contributed by atoms with van der Waals surface area (Å²) in [5.74, 6) is 1.59. The summed E-state index contributed by atoms with van der Waals surface area (Å²) in [6, 6.07) is 8.63. The maximum absolute atomic E-state index is 5.83. The third-order valence-corrected chi connectivity index (χ3v) is 3.63. The highest BCUT2D eigenvalue weighted by Gasteiger charge is 2.21. The van der Waals surface area contributed by atoms with Gasteiger partial charge in [0.1, 0.15) is 12.4 Å². The van der Waals surface area contributed by atoms with Crippen LogP contribution < -0.4 is 10.1 Å². The maximum atomic E-state index is 5.83.